The molecule has 27 heavy (non-hydrogen) atoms. The molecule has 0 amide bonds. The summed E-state index contributed by atoms with van der Waals surface area (Å²) < 4.78 is 36.3. The van der Waals surface area contributed by atoms with E-state index in [4.69, 9.17) is 26.2 Å². The molecule has 2 atom stereocenters. The molecule has 8 heteroatoms. The van der Waals surface area contributed by atoms with Crippen molar-refractivity contribution >= 4 is 21.4 Å². The van der Waals surface area contributed by atoms with Crippen LogP contribution in [0.2, 0.25) is 0 Å². The maximum absolute atomic E-state index is 12.7. The molecule has 0 aliphatic carbocycles. The van der Waals surface area contributed by atoms with Gasteiger partial charge in [-0.2, -0.15) is 0 Å². The summed E-state index contributed by atoms with van der Waals surface area (Å²) in [5.74, 6) is 1.68. The highest BCUT2D eigenvalue weighted by atomic mass is 35.5. The lowest BCUT2D eigenvalue weighted by atomic mass is 10.2. The van der Waals surface area contributed by atoms with E-state index < -0.39 is 22.5 Å². The molecule has 0 aliphatic heterocycles. The van der Waals surface area contributed by atoms with Crippen LogP contribution in [-0.4, -0.2) is 50.4 Å². The number of halogens is 1. The Hall–Kier alpha value is -1.80. The van der Waals surface area contributed by atoms with Gasteiger partial charge in [-0.05, 0) is 48.5 Å². The van der Waals surface area contributed by atoms with Crippen molar-refractivity contribution in [1.29, 1.82) is 0 Å². The quantitative estimate of drug-likeness (QED) is 0.580. The topological polar surface area (TPSA) is 93.1 Å². The summed E-state index contributed by atoms with van der Waals surface area (Å²) in [5.41, 5.74) is 0. The van der Waals surface area contributed by atoms with E-state index >= 15 is 0 Å². The molecule has 2 aromatic rings. The number of benzene rings is 2. The molecule has 0 bridgehead atoms. The molecule has 0 fully saturated rings. The van der Waals surface area contributed by atoms with Gasteiger partial charge in [-0.15, -0.1) is 11.6 Å². The van der Waals surface area contributed by atoms with Crippen molar-refractivity contribution in [3.63, 3.8) is 0 Å². The number of hydrogen-bond donors (Lipinski definition) is 2. The van der Waals surface area contributed by atoms with Crippen molar-refractivity contribution in [2.75, 3.05) is 25.7 Å². The van der Waals surface area contributed by atoms with Gasteiger partial charge in [0.05, 0.1) is 23.0 Å². The van der Waals surface area contributed by atoms with Crippen molar-refractivity contribution in [3.8, 4) is 11.5 Å². The second-order valence-electron chi connectivity index (χ2n) is 6.16. The van der Waals surface area contributed by atoms with Crippen LogP contribution in [-0.2, 0) is 9.84 Å². The average molecular weight is 415 g/mol. The van der Waals surface area contributed by atoms with Crippen LogP contribution in [0.1, 0.15) is 6.92 Å². The van der Waals surface area contributed by atoms with Crippen LogP contribution in [0.3, 0.4) is 0 Å². The van der Waals surface area contributed by atoms with Gasteiger partial charge in [0.25, 0.3) is 0 Å². The summed E-state index contributed by atoms with van der Waals surface area (Å²) in [5, 5.41) is 18.0. The summed E-state index contributed by atoms with van der Waals surface area (Å²) in [6, 6.07) is 12.1. The molecule has 0 aliphatic rings. The van der Waals surface area contributed by atoms with E-state index in [0.29, 0.717) is 24.0 Å². The fourth-order valence-corrected chi connectivity index (χ4v) is 3.44. The Kier molecular flexibility index (Phi) is 7.91. The third-order valence-corrected chi connectivity index (χ3v) is 6.03. The summed E-state index contributed by atoms with van der Waals surface area (Å²) in [4.78, 5) is 0.284. The monoisotopic (exact) mass is 414 g/mol. The zero-order chi connectivity index (χ0) is 19.9. The number of sulfone groups is 1. The molecule has 2 N–H and O–H groups in total. The van der Waals surface area contributed by atoms with Crippen LogP contribution < -0.4 is 9.47 Å². The van der Waals surface area contributed by atoms with Crippen molar-refractivity contribution in [1.82, 2.24) is 0 Å². The van der Waals surface area contributed by atoms with Gasteiger partial charge in [0.1, 0.15) is 24.2 Å². The maximum atomic E-state index is 12.7. The van der Waals surface area contributed by atoms with Crippen molar-refractivity contribution < 1.29 is 28.1 Å². The van der Waals surface area contributed by atoms with E-state index in [-0.39, 0.29) is 22.3 Å². The summed E-state index contributed by atoms with van der Waals surface area (Å²) in [6.07, 6.45) is -0.985. The van der Waals surface area contributed by atoms with E-state index in [0.717, 1.165) is 0 Å². The van der Waals surface area contributed by atoms with Gasteiger partial charge in [-0.25, -0.2) is 8.42 Å². The van der Waals surface area contributed by atoms with Crippen molar-refractivity contribution in [3.05, 3.63) is 48.5 Å². The highest BCUT2D eigenvalue weighted by Crippen LogP contribution is 2.25. The van der Waals surface area contributed by atoms with E-state index in [1.807, 2.05) is 6.92 Å². The Labute approximate surface area is 164 Å². The summed E-state index contributed by atoms with van der Waals surface area (Å²) >= 11 is 5.73. The lowest BCUT2D eigenvalue weighted by Gasteiger charge is -2.12. The zero-order valence-electron chi connectivity index (χ0n) is 14.9. The fourth-order valence-electron chi connectivity index (χ4n) is 2.09. The number of hydrogen-bond acceptors (Lipinski definition) is 6. The minimum atomic E-state index is -3.67. The van der Waals surface area contributed by atoms with Gasteiger partial charge in [-0.3, -0.25) is 0 Å². The lowest BCUT2D eigenvalue weighted by molar-refractivity contribution is 0.0536. The highest BCUT2D eigenvalue weighted by Gasteiger charge is 2.18. The minimum Gasteiger partial charge on any atom is -0.493 e. The molecule has 0 heterocycles. The molecule has 0 unspecified atom stereocenters. The molecule has 0 saturated carbocycles. The van der Waals surface area contributed by atoms with Crippen molar-refractivity contribution in [2.24, 2.45) is 5.92 Å². The second-order valence-corrected chi connectivity index (χ2v) is 8.42. The molecular formula is C19H23ClO6S. The highest BCUT2D eigenvalue weighted by molar-refractivity contribution is 7.91. The molecule has 6 nitrogen and oxygen atoms in total. The number of ether oxygens (including phenoxy) is 2. The van der Waals surface area contributed by atoms with Gasteiger partial charge >= 0.3 is 0 Å². The average Bonchev–Trinajstić information content (AvgIpc) is 2.70. The standard InChI is InChI=1S/C19H23ClO6S/c1-14(10-20)12-25-16-2-6-18(7-3-16)27(23,24)19-8-4-17(5-9-19)26-13-15(22)11-21/h2-9,14-15,21-22H,10-13H2,1H3/t14-,15+/m0/s1. The predicted molar refractivity (Wildman–Crippen MR) is 102 cm³/mol. The number of aliphatic hydroxyl groups is 2. The van der Waals surface area contributed by atoms with E-state index in [1.54, 1.807) is 12.1 Å². The number of alkyl halides is 1. The molecule has 0 spiro atoms. The van der Waals surface area contributed by atoms with Gasteiger partial charge in [0, 0.05) is 11.8 Å². The van der Waals surface area contributed by atoms with Crippen LogP contribution in [0, 0.1) is 5.92 Å². The van der Waals surface area contributed by atoms with Gasteiger partial charge in [0.15, 0.2) is 0 Å². The van der Waals surface area contributed by atoms with E-state index in [9.17, 15) is 13.5 Å². The van der Waals surface area contributed by atoms with Gasteiger partial charge in [0.2, 0.25) is 9.84 Å². The van der Waals surface area contributed by atoms with Crippen LogP contribution in [0.25, 0.3) is 0 Å². The minimum absolute atomic E-state index is 0.0770. The number of rotatable bonds is 10. The smallest absolute Gasteiger partial charge is 0.206 e. The Morgan fingerprint density at radius 2 is 1.37 bits per heavy atom. The number of aliphatic hydroxyl groups excluding tert-OH is 2. The second kappa shape index (κ2) is 9.94. The molecular weight excluding hydrogens is 392 g/mol. The fraction of sp³-hybridized carbons (Fsp3) is 0.368. The first-order chi connectivity index (χ1) is 12.9. The lowest BCUT2D eigenvalue weighted by Crippen LogP contribution is -2.21. The first kappa shape index (κ1) is 21.5. The van der Waals surface area contributed by atoms with Crippen LogP contribution in [0.4, 0.5) is 0 Å². The first-order valence-electron chi connectivity index (χ1n) is 8.42. The SMILES string of the molecule is C[C@@H](CCl)COc1ccc(S(=O)(=O)c2ccc(OC[C@H](O)CO)cc2)cc1. The van der Waals surface area contributed by atoms with Crippen LogP contribution >= 0.6 is 11.6 Å². The Morgan fingerprint density at radius 3 is 1.78 bits per heavy atom. The molecule has 0 radical (unpaired) electrons. The zero-order valence-corrected chi connectivity index (χ0v) is 16.5. The molecule has 0 saturated heterocycles. The Balaban J connectivity index is 2.06. The summed E-state index contributed by atoms with van der Waals surface area (Å²) in [7, 11) is -3.67. The van der Waals surface area contributed by atoms with Crippen LogP contribution in [0.5, 0.6) is 11.5 Å². The van der Waals surface area contributed by atoms with E-state index in [2.05, 4.69) is 0 Å². The Morgan fingerprint density at radius 1 is 0.926 bits per heavy atom. The van der Waals surface area contributed by atoms with Gasteiger partial charge < -0.3 is 19.7 Å². The van der Waals surface area contributed by atoms with E-state index in [1.165, 1.54) is 36.4 Å². The van der Waals surface area contributed by atoms with Crippen LogP contribution in [0.15, 0.2) is 58.3 Å². The summed E-state index contributed by atoms with van der Waals surface area (Å²) in [6.45, 7) is 1.94. The molecule has 2 aromatic carbocycles. The molecule has 148 valence electrons. The third-order valence-electron chi connectivity index (χ3n) is 3.72. The largest absolute Gasteiger partial charge is 0.493 e. The molecule has 0 aromatic heterocycles. The molecule has 2 rings (SSSR count). The normalized spacial score (nSPS) is 13.8. The first-order valence-corrected chi connectivity index (χ1v) is 10.4. The third kappa shape index (κ3) is 6.10. The van der Waals surface area contributed by atoms with Gasteiger partial charge in [-0.1, -0.05) is 6.92 Å². The van der Waals surface area contributed by atoms with Crippen molar-refractivity contribution in [2.45, 2.75) is 22.8 Å². The predicted octanol–water partition coefficient (Wildman–Crippen LogP) is 2.51. The Bertz CT molecular complexity index is 742. The maximum Gasteiger partial charge on any atom is 0.206 e.